The van der Waals surface area contributed by atoms with Gasteiger partial charge in [-0.25, -0.2) is 4.79 Å². The third kappa shape index (κ3) is 3.02. The van der Waals surface area contributed by atoms with E-state index in [4.69, 9.17) is 4.74 Å². The molecule has 1 atom stereocenters. The molecular formula is C19H22N2O2. The van der Waals surface area contributed by atoms with Crippen LogP contribution in [0.4, 0.5) is 16.2 Å². The zero-order valence-corrected chi connectivity index (χ0v) is 14.0. The Morgan fingerprint density at radius 2 is 2.00 bits per heavy atom. The van der Waals surface area contributed by atoms with Crippen LogP contribution in [0.15, 0.2) is 36.4 Å². The smallest absolute Gasteiger partial charge is 0.326 e. The van der Waals surface area contributed by atoms with Crippen LogP contribution in [0.3, 0.4) is 0 Å². The normalized spacial score (nSPS) is 16.5. The van der Waals surface area contributed by atoms with E-state index in [2.05, 4.69) is 5.32 Å². The summed E-state index contributed by atoms with van der Waals surface area (Å²) in [4.78, 5) is 14.6. The molecule has 2 aromatic rings. The lowest BCUT2D eigenvalue weighted by Gasteiger charge is -2.33. The molecule has 0 unspecified atom stereocenters. The van der Waals surface area contributed by atoms with Crippen molar-refractivity contribution in [3.05, 3.63) is 53.1 Å². The lowest BCUT2D eigenvalue weighted by molar-refractivity contribution is 0.208. The standard InChI is InChI=1S/C19H22N2O2/c1-12-8-9-18-17(10-12)21(11-14(3)23-18)19(22)20-16-7-5-6-13(2)15(16)4/h5-10,14H,11H2,1-4H3,(H,20,22)/t14-/m0/s1. The van der Waals surface area contributed by atoms with Crippen LogP contribution in [0.5, 0.6) is 5.75 Å². The predicted octanol–water partition coefficient (Wildman–Crippen LogP) is 4.43. The second-order valence-electron chi connectivity index (χ2n) is 6.19. The van der Waals surface area contributed by atoms with E-state index in [-0.39, 0.29) is 12.1 Å². The number of benzene rings is 2. The highest BCUT2D eigenvalue weighted by Crippen LogP contribution is 2.34. The van der Waals surface area contributed by atoms with Crippen molar-refractivity contribution < 1.29 is 9.53 Å². The molecule has 1 heterocycles. The van der Waals surface area contributed by atoms with Gasteiger partial charge in [-0.15, -0.1) is 0 Å². The van der Waals surface area contributed by atoms with Crippen LogP contribution in [-0.2, 0) is 0 Å². The summed E-state index contributed by atoms with van der Waals surface area (Å²) in [7, 11) is 0. The fraction of sp³-hybridized carbons (Fsp3) is 0.316. The van der Waals surface area contributed by atoms with Crippen LogP contribution in [0.2, 0.25) is 0 Å². The molecule has 23 heavy (non-hydrogen) atoms. The maximum absolute atomic E-state index is 12.8. The van der Waals surface area contributed by atoms with E-state index < -0.39 is 0 Å². The van der Waals surface area contributed by atoms with Gasteiger partial charge in [-0.05, 0) is 62.6 Å². The van der Waals surface area contributed by atoms with E-state index in [0.717, 1.165) is 33.8 Å². The van der Waals surface area contributed by atoms with E-state index in [1.54, 1.807) is 4.90 Å². The average Bonchev–Trinajstić information content (AvgIpc) is 2.51. The molecule has 0 aromatic heterocycles. The molecule has 4 nitrogen and oxygen atoms in total. The van der Waals surface area contributed by atoms with E-state index in [9.17, 15) is 4.79 Å². The monoisotopic (exact) mass is 310 g/mol. The molecule has 0 radical (unpaired) electrons. The molecule has 0 saturated carbocycles. The molecule has 0 aliphatic carbocycles. The van der Waals surface area contributed by atoms with Gasteiger partial charge in [-0.2, -0.15) is 0 Å². The van der Waals surface area contributed by atoms with E-state index in [1.165, 1.54) is 0 Å². The summed E-state index contributed by atoms with van der Waals surface area (Å²) in [6.45, 7) is 8.58. The molecule has 1 aliphatic heterocycles. The number of aryl methyl sites for hydroxylation is 2. The summed E-state index contributed by atoms with van der Waals surface area (Å²) in [6, 6.07) is 11.7. The quantitative estimate of drug-likeness (QED) is 0.846. The Bertz CT molecular complexity index is 755. The molecule has 120 valence electrons. The summed E-state index contributed by atoms with van der Waals surface area (Å²) in [5.41, 5.74) is 5.03. The fourth-order valence-electron chi connectivity index (χ4n) is 2.81. The highest BCUT2D eigenvalue weighted by Gasteiger charge is 2.28. The molecule has 1 N–H and O–H groups in total. The van der Waals surface area contributed by atoms with Gasteiger partial charge < -0.3 is 10.1 Å². The first-order chi connectivity index (χ1) is 11.0. The fourth-order valence-corrected chi connectivity index (χ4v) is 2.81. The van der Waals surface area contributed by atoms with E-state index in [0.29, 0.717) is 6.54 Å². The summed E-state index contributed by atoms with van der Waals surface area (Å²) in [6.07, 6.45) is -0.0328. The second kappa shape index (κ2) is 5.95. The number of fused-ring (bicyclic) bond motifs is 1. The average molecular weight is 310 g/mol. The van der Waals surface area contributed by atoms with Crippen LogP contribution in [0.25, 0.3) is 0 Å². The zero-order valence-electron chi connectivity index (χ0n) is 14.0. The van der Waals surface area contributed by atoms with Gasteiger partial charge in [0.15, 0.2) is 0 Å². The van der Waals surface area contributed by atoms with Crippen molar-refractivity contribution >= 4 is 17.4 Å². The summed E-state index contributed by atoms with van der Waals surface area (Å²) in [5.74, 6) is 0.755. The van der Waals surface area contributed by atoms with Crippen molar-refractivity contribution in [2.75, 3.05) is 16.8 Å². The lowest BCUT2D eigenvalue weighted by Crippen LogP contribution is -2.44. The number of hydrogen-bond acceptors (Lipinski definition) is 2. The van der Waals surface area contributed by atoms with Crippen molar-refractivity contribution in [3.8, 4) is 5.75 Å². The van der Waals surface area contributed by atoms with Gasteiger partial charge in [0.1, 0.15) is 11.9 Å². The van der Waals surface area contributed by atoms with Crippen LogP contribution in [0.1, 0.15) is 23.6 Å². The van der Waals surface area contributed by atoms with Gasteiger partial charge in [0.25, 0.3) is 0 Å². The lowest BCUT2D eigenvalue weighted by atomic mass is 10.1. The maximum Gasteiger partial charge on any atom is 0.326 e. The first kappa shape index (κ1) is 15.4. The topological polar surface area (TPSA) is 41.6 Å². The Balaban J connectivity index is 1.91. The minimum absolute atomic E-state index is 0.0328. The maximum atomic E-state index is 12.8. The third-order valence-electron chi connectivity index (χ3n) is 4.26. The number of carbonyl (C=O) groups is 1. The molecule has 0 saturated heterocycles. The van der Waals surface area contributed by atoms with Crippen molar-refractivity contribution in [2.24, 2.45) is 0 Å². The van der Waals surface area contributed by atoms with Crippen LogP contribution >= 0.6 is 0 Å². The zero-order chi connectivity index (χ0) is 16.6. The number of urea groups is 1. The number of anilines is 2. The summed E-state index contributed by atoms with van der Waals surface area (Å²) < 4.78 is 5.84. The van der Waals surface area contributed by atoms with Crippen molar-refractivity contribution in [3.63, 3.8) is 0 Å². The molecule has 2 aromatic carbocycles. The largest absolute Gasteiger partial charge is 0.487 e. The molecule has 1 aliphatic rings. The highest BCUT2D eigenvalue weighted by atomic mass is 16.5. The van der Waals surface area contributed by atoms with Crippen LogP contribution in [0, 0.1) is 20.8 Å². The number of nitrogens with one attached hydrogen (secondary N) is 1. The number of carbonyl (C=O) groups excluding carboxylic acids is 1. The van der Waals surface area contributed by atoms with Gasteiger partial charge >= 0.3 is 6.03 Å². The number of ether oxygens (including phenoxy) is 1. The Kier molecular flexibility index (Phi) is 3.99. The van der Waals surface area contributed by atoms with Gasteiger partial charge in [0, 0.05) is 5.69 Å². The van der Waals surface area contributed by atoms with Gasteiger partial charge in [-0.3, -0.25) is 4.90 Å². The minimum atomic E-state index is -0.124. The van der Waals surface area contributed by atoms with Gasteiger partial charge in [0.2, 0.25) is 0 Å². The van der Waals surface area contributed by atoms with Crippen molar-refractivity contribution in [1.29, 1.82) is 0 Å². The first-order valence-electron chi connectivity index (χ1n) is 7.88. The summed E-state index contributed by atoms with van der Waals surface area (Å²) in [5, 5.41) is 3.03. The SMILES string of the molecule is Cc1ccc2c(c1)N(C(=O)Nc1cccc(C)c1C)C[C@H](C)O2. The van der Waals surface area contributed by atoms with Gasteiger partial charge in [-0.1, -0.05) is 18.2 Å². The summed E-state index contributed by atoms with van der Waals surface area (Å²) >= 11 is 0. The number of hydrogen-bond donors (Lipinski definition) is 1. The van der Waals surface area contributed by atoms with Crippen LogP contribution < -0.4 is 15.0 Å². The Labute approximate surface area is 137 Å². The van der Waals surface area contributed by atoms with Crippen LogP contribution in [-0.4, -0.2) is 18.7 Å². The third-order valence-corrected chi connectivity index (χ3v) is 4.26. The Morgan fingerprint density at radius 3 is 2.78 bits per heavy atom. The predicted molar refractivity (Wildman–Crippen MR) is 93.5 cm³/mol. The number of nitrogens with zero attached hydrogens (tertiary/aromatic N) is 1. The molecule has 0 spiro atoms. The molecule has 2 amide bonds. The first-order valence-corrected chi connectivity index (χ1v) is 7.88. The highest BCUT2D eigenvalue weighted by molar-refractivity contribution is 6.03. The van der Waals surface area contributed by atoms with Gasteiger partial charge in [0.05, 0.1) is 12.2 Å². The number of amides is 2. The molecule has 4 heteroatoms. The molecule has 0 fully saturated rings. The Hall–Kier alpha value is -2.49. The molecule has 0 bridgehead atoms. The second-order valence-corrected chi connectivity index (χ2v) is 6.19. The van der Waals surface area contributed by atoms with E-state index >= 15 is 0 Å². The number of rotatable bonds is 1. The van der Waals surface area contributed by atoms with Crippen molar-refractivity contribution in [1.82, 2.24) is 0 Å². The molecular weight excluding hydrogens is 288 g/mol. The Morgan fingerprint density at radius 1 is 1.22 bits per heavy atom. The molecule has 3 rings (SSSR count). The van der Waals surface area contributed by atoms with E-state index in [1.807, 2.05) is 64.1 Å². The minimum Gasteiger partial charge on any atom is -0.487 e. The van der Waals surface area contributed by atoms with Crippen molar-refractivity contribution in [2.45, 2.75) is 33.8 Å².